The highest BCUT2D eigenvalue weighted by molar-refractivity contribution is 6.06. The molecule has 3 nitrogen and oxygen atoms in total. The Morgan fingerprint density at radius 2 is 2.00 bits per heavy atom. The van der Waals surface area contributed by atoms with E-state index < -0.39 is 0 Å². The van der Waals surface area contributed by atoms with Crippen LogP contribution in [0.15, 0.2) is 36.7 Å². The molecule has 0 radical (unpaired) electrons. The molecular formula is C30H29N2O+. The third kappa shape index (κ3) is 2.35. The van der Waals surface area contributed by atoms with E-state index in [9.17, 15) is 0 Å². The van der Waals surface area contributed by atoms with Gasteiger partial charge in [-0.3, -0.25) is 0 Å². The van der Waals surface area contributed by atoms with Crippen LogP contribution in [-0.4, -0.2) is 4.98 Å². The van der Waals surface area contributed by atoms with Gasteiger partial charge in [0.25, 0.3) is 6.33 Å². The van der Waals surface area contributed by atoms with Gasteiger partial charge in [-0.05, 0) is 108 Å². The number of rotatable bonds is 1. The van der Waals surface area contributed by atoms with Gasteiger partial charge in [0.15, 0.2) is 11.2 Å². The van der Waals surface area contributed by atoms with Crippen LogP contribution in [0.2, 0.25) is 0 Å². The van der Waals surface area contributed by atoms with E-state index in [0.717, 1.165) is 35.3 Å². The van der Waals surface area contributed by atoms with Gasteiger partial charge in [-0.1, -0.05) is 24.6 Å². The second-order valence-corrected chi connectivity index (χ2v) is 11.0. The van der Waals surface area contributed by atoms with E-state index >= 15 is 0 Å². The molecule has 2 bridgehead atoms. The van der Waals surface area contributed by atoms with Crippen LogP contribution in [0.4, 0.5) is 0 Å². The molecule has 0 N–H and O–H groups in total. The first-order valence-electron chi connectivity index (χ1n) is 12.7. The fourth-order valence-corrected chi connectivity index (χ4v) is 7.84. The molecule has 164 valence electrons. The number of ether oxygens (including phenoxy) is 1. The maximum absolute atomic E-state index is 6.93. The van der Waals surface area contributed by atoms with Gasteiger partial charge in [-0.25, -0.2) is 4.57 Å². The van der Waals surface area contributed by atoms with Gasteiger partial charge >= 0.3 is 0 Å². The molecule has 3 heteroatoms. The van der Waals surface area contributed by atoms with E-state index in [-0.39, 0.29) is 0 Å². The average molecular weight is 434 g/mol. The van der Waals surface area contributed by atoms with Crippen LogP contribution in [0.3, 0.4) is 0 Å². The second kappa shape index (κ2) is 6.34. The molecule has 4 aromatic rings. The normalized spacial score (nSPS) is 24.4. The van der Waals surface area contributed by atoms with Gasteiger partial charge in [-0.15, -0.1) is 0 Å². The number of aryl methyl sites for hydroxylation is 4. The highest BCUT2D eigenvalue weighted by Crippen LogP contribution is 2.56. The number of nitrogens with zero attached hydrogens (tertiary/aromatic N) is 2. The molecule has 0 spiro atoms. The van der Waals surface area contributed by atoms with E-state index in [1.807, 2.05) is 6.33 Å². The lowest BCUT2D eigenvalue weighted by molar-refractivity contribution is -0.662. The van der Waals surface area contributed by atoms with Crippen molar-refractivity contribution in [3.63, 3.8) is 0 Å². The minimum Gasteiger partial charge on any atom is -0.455 e. The molecule has 0 amide bonds. The number of hydrogen-bond donors (Lipinski definition) is 0. The van der Waals surface area contributed by atoms with Crippen molar-refractivity contribution in [1.29, 1.82) is 0 Å². The van der Waals surface area contributed by atoms with Crippen molar-refractivity contribution in [3.05, 3.63) is 58.9 Å². The Labute approximate surface area is 194 Å². The Balaban J connectivity index is 1.44. The Bertz CT molecular complexity index is 1520. The van der Waals surface area contributed by atoms with Gasteiger partial charge in [0.1, 0.15) is 16.9 Å². The lowest BCUT2D eigenvalue weighted by atomic mass is 9.81. The third-order valence-electron chi connectivity index (χ3n) is 9.28. The zero-order valence-electron chi connectivity index (χ0n) is 19.4. The highest BCUT2D eigenvalue weighted by Gasteiger charge is 2.41. The molecule has 2 fully saturated rings. The summed E-state index contributed by atoms with van der Waals surface area (Å²) in [4.78, 5) is 4.89. The zero-order valence-corrected chi connectivity index (χ0v) is 19.4. The molecule has 1 aliphatic heterocycles. The summed E-state index contributed by atoms with van der Waals surface area (Å²) in [5.41, 5.74) is 9.30. The monoisotopic (exact) mass is 433 g/mol. The van der Waals surface area contributed by atoms with E-state index in [1.165, 1.54) is 88.2 Å². The van der Waals surface area contributed by atoms with E-state index in [1.54, 1.807) is 0 Å². The molecule has 33 heavy (non-hydrogen) atoms. The van der Waals surface area contributed by atoms with Crippen LogP contribution in [0, 0.1) is 18.8 Å². The number of benzene rings is 3. The van der Waals surface area contributed by atoms with Crippen LogP contribution in [0.25, 0.3) is 32.9 Å². The van der Waals surface area contributed by atoms with Crippen molar-refractivity contribution < 1.29 is 9.30 Å². The Hall–Kier alpha value is -2.94. The van der Waals surface area contributed by atoms with Crippen molar-refractivity contribution >= 4 is 21.7 Å². The van der Waals surface area contributed by atoms with Gasteiger partial charge in [0.05, 0.1) is 12.6 Å². The molecule has 2 saturated carbocycles. The third-order valence-corrected chi connectivity index (χ3v) is 9.28. The number of aromatic nitrogens is 2. The first-order valence-corrected chi connectivity index (χ1v) is 12.7. The topological polar surface area (TPSA) is 26.0 Å². The molecule has 4 aliphatic rings. The molecule has 3 atom stereocenters. The molecular weight excluding hydrogens is 404 g/mol. The number of hydrogen-bond acceptors (Lipinski definition) is 2. The highest BCUT2D eigenvalue weighted by atomic mass is 16.5. The Kier molecular flexibility index (Phi) is 3.55. The van der Waals surface area contributed by atoms with Crippen LogP contribution >= 0.6 is 0 Å². The summed E-state index contributed by atoms with van der Waals surface area (Å²) in [5.74, 6) is 4.59. The predicted octanol–water partition coefficient (Wildman–Crippen LogP) is 6.69. The van der Waals surface area contributed by atoms with Crippen LogP contribution < -0.4 is 9.30 Å². The summed E-state index contributed by atoms with van der Waals surface area (Å²) in [5, 5.41) is 4.01. The smallest absolute Gasteiger partial charge is 0.287 e. The molecule has 8 rings (SSSR count). The summed E-state index contributed by atoms with van der Waals surface area (Å²) in [6.45, 7) is 2.28. The number of fused-ring (bicyclic) bond motifs is 5. The molecule has 3 aliphatic carbocycles. The quantitative estimate of drug-likeness (QED) is 0.275. The average Bonchev–Trinajstić information content (AvgIpc) is 3.48. The summed E-state index contributed by atoms with van der Waals surface area (Å²) < 4.78 is 9.14. The first kappa shape index (κ1) is 18.5. The fraction of sp³-hybridized carbons (Fsp3) is 0.400. The largest absolute Gasteiger partial charge is 0.455 e. The van der Waals surface area contributed by atoms with Crippen LogP contribution in [0.1, 0.15) is 60.3 Å². The van der Waals surface area contributed by atoms with E-state index in [4.69, 9.17) is 9.72 Å². The molecule has 3 aromatic carbocycles. The lowest BCUT2D eigenvalue weighted by Crippen LogP contribution is -2.33. The second-order valence-electron chi connectivity index (χ2n) is 11.0. The van der Waals surface area contributed by atoms with Crippen molar-refractivity contribution in [1.82, 2.24) is 4.98 Å². The summed E-state index contributed by atoms with van der Waals surface area (Å²) in [6, 6.07) is 11.6. The van der Waals surface area contributed by atoms with Crippen molar-refractivity contribution in [2.45, 2.75) is 57.8 Å². The fourth-order valence-electron chi connectivity index (χ4n) is 7.84. The van der Waals surface area contributed by atoms with Crippen molar-refractivity contribution in [3.8, 4) is 22.8 Å². The Morgan fingerprint density at radius 3 is 2.85 bits per heavy atom. The van der Waals surface area contributed by atoms with Gasteiger partial charge in [-0.2, -0.15) is 0 Å². The van der Waals surface area contributed by atoms with Crippen molar-refractivity contribution in [2.75, 3.05) is 0 Å². The SMILES string of the molecule is Cc1c2c(c3c4c(cccc14)CCC3)Oc1cc(C3CC4CCC3C4)cc3nc[n+](C)c-2c13. The predicted molar refractivity (Wildman–Crippen MR) is 131 cm³/mol. The van der Waals surface area contributed by atoms with Gasteiger partial charge < -0.3 is 4.74 Å². The molecule has 0 saturated heterocycles. The van der Waals surface area contributed by atoms with Gasteiger partial charge in [0.2, 0.25) is 0 Å². The van der Waals surface area contributed by atoms with Gasteiger partial charge in [0, 0.05) is 5.56 Å². The maximum Gasteiger partial charge on any atom is 0.287 e. The van der Waals surface area contributed by atoms with Crippen LogP contribution in [0.5, 0.6) is 11.5 Å². The first-order chi connectivity index (χ1) is 16.2. The van der Waals surface area contributed by atoms with Crippen LogP contribution in [-0.2, 0) is 19.9 Å². The lowest BCUT2D eigenvalue weighted by Gasteiger charge is -2.29. The van der Waals surface area contributed by atoms with E-state index in [0.29, 0.717) is 5.92 Å². The Morgan fingerprint density at radius 1 is 1.06 bits per heavy atom. The molecule has 2 heterocycles. The van der Waals surface area contributed by atoms with E-state index in [2.05, 4.69) is 48.9 Å². The van der Waals surface area contributed by atoms with Crippen molar-refractivity contribution in [2.24, 2.45) is 18.9 Å². The molecule has 1 aromatic heterocycles. The standard InChI is InChI=1S/C30H29N2O/c1-16-21-7-3-5-18-6-4-8-22(27(18)21)30-26(16)29-28-24(31-15-32(29)2)13-20(14-25(28)33-30)23-12-17-9-10-19(23)11-17/h3,5,7,13-15,17,19,23H,4,6,8-12H2,1-2H3/q+1. The summed E-state index contributed by atoms with van der Waals surface area (Å²) in [7, 11) is 2.14. The maximum atomic E-state index is 6.93. The minimum atomic E-state index is 0.678. The minimum absolute atomic E-state index is 0.678. The summed E-state index contributed by atoms with van der Waals surface area (Å²) in [6.07, 6.45) is 11.1. The summed E-state index contributed by atoms with van der Waals surface area (Å²) >= 11 is 0. The zero-order chi connectivity index (χ0) is 21.8. The molecule has 3 unspecified atom stereocenters.